The molecule has 1 saturated carbocycles. The van der Waals surface area contributed by atoms with E-state index in [9.17, 15) is 12.8 Å². The third-order valence-electron chi connectivity index (χ3n) is 3.27. The first-order valence-electron chi connectivity index (χ1n) is 5.86. The molecule has 3 nitrogen and oxygen atoms in total. The van der Waals surface area contributed by atoms with Gasteiger partial charge in [0, 0.05) is 18.4 Å². The number of sulfonamides is 1. The van der Waals surface area contributed by atoms with E-state index in [1.807, 2.05) is 0 Å². The van der Waals surface area contributed by atoms with E-state index in [0.717, 1.165) is 25.0 Å². The molecule has 0 spiro atoms. The van der Waals surface area contributed by atoms with E-state index in [2.05, 4.69) is 15.9 Å². The number of halogens is 3. The van der Waals surface area contributed by atoms with Crippen LogP contribution < -0.4 is 0 Å². The molecule has 0 N–H and O–H groups in total. The lowest BCUT2D eigenvalue weighted by Crippen LogP contribution is -2.37. The summed E-state index contributed by atoms with van der Waals surface area (Å²) in [6.45, 7) is 0.428. The first-order chi connectivity index (χ1) is 8.80. The molecule has 106 valence electrons. The van der Waals surface area contributed by atoms with Crippen molar-refractivity contribution in [3.8, 4) is 0 Å². The molecule has 0 heterocycles. The third-order valence-corrected chi connectivity index (χ3v) is 6.33. The molecule has 0 atom stereocenters. The van der Waals surface area contributed by atoms with Gasteiger partial charge in [-0.2, -0.15) is 0 Å². The van der Waals surface area contributed by atoms with Gasteiger partial charge in [0.05, 0.1) is 5.02 Å². The molecule has 1 aliphatic carbocycles. The Morgan fingerprint density at radius 1 is 1.47 bits per heavy atom. The van der Waals surface area contributed by atoms with Crippen molar-refractivity contribution in [1.29, 1.82) is 0 Å². The maximum Gasteiger partial charge on any atom is 0.244 e. The van der Waals surface area contributed by atoms with Crippen LogP contribution in [0.1, 0.15) is 12.8 Å². The average Bonchev–Trinajstić information content (AvgIpc) is 2.30. The summed E-state index contributed by atoms with van der Waals surface area (Å²) in [5, 5.41) is 0.0419. The average molecular weight is 371 g/mol. The molecule has 0 aromatic heterocycles. The van der Waals surface area contributed by atoms with E-state index in [4.69, 9.17) is 11.6 Å². The van der Waals surface area contributed by atoms with Gasteiger partial charge in [-0.05, 0) is 37.0 Å². The Kier molecular flexibility index (Phi) is 4.55. The molecule has 1 aliphatic rings. The van der Waals surface area contributed by atoms with Crippen molar-refractivity contribution in [2.24, 2.45) is 5.92 Å². The van der Waals surface area contributed by atoms with E-state index >= 15 is 0 Å². The number of hydrogen-bond acceptors (Lipinski definition) is 2. The molecule has 0 amide bonds. The Hall–Kier alpha value is -0.170. The van der Waals surface area contributed by atoms with Crippen LogP contribution in [0.15, 0.2) is 23.1 Å². The SMILES string of the molecule is CN(CC1CC(Br)C1)S(=O)(=O)c1cc(F)ccc1Cl. The second kappa shape index (κ2) is 5.68. The molecule has 2 rings (SSSR count). The monoisotopic (exact) mass is 369 g/mol. The van der Waals surface area contributed by atoms with Gasteiger partial charge in [-0.1, -0.05) is 27.5 Å². The molecular formula is C12H14BrClFNO2S. The summed E-state index contributed by atoms with van der Waals surface area (Å²) in [5.41, 5.74) is 0. The van der Waals surface area contributed by atoms with Crippen LogP contribution in [0.3, 0.4) is 0 Å². The van der Waals surface area contributed by atoms with Crippen molar-refractivity contribution in [3.63, 3.8) is 0 Å². The molecule has 0 bridgehead atoms. The lowest BCUT2D eigenvalue weighted by molar-refractivity contribution is 0.275. The van der Waals surface area contributed by atoms with E-state index in [1.165, 1.54) is 17.4 Å². The first-order valence-corrected chi connectivity index (χ1v) is 8.59. The van der Waals surface area contributed by atoms with E-state index < -0.39 is 15.8 Å². The summed E-state index contributed by atoms with van der Waals surface area (Å²) < 4.78 is 39.1. The van der Waals surface area contributed by atoms with Crippen LogP contribution >= 0.6 is 27.5 Å². The minimum atomic E-state index is -3.73. The Bertz CT molecular complexity index is 575. The highest BCUT2D eigenvalue weighted by atomic mass is 79.9. The van der Waals surface area contributed by atoms with Crippen LogP contribution in [-0.2, 0) is 10.0 Å². The predicted molar refractivity (Wildman–Crippen MR) is 76.7 cm³/mol. The summed E-state index contributed by atoms with van der Waals surface area (Å²) in [5.74, 6) is -0.267. The normalized spacial score (nSPS) is 23.4. The van der Waals surface area contributed by atoms with Gasteiger partial charge >= 0.3 is 0 Å². The lowest BCUT2D eigenvalue weighted by atomic mass is 9.85. The zero-order chi connectivity index (χ0) is 14.2. The maximum absolute atomic E-state index is 13.2. The third kappa shape index (κ3) is 3.29. The summed E-state index contributed by atoms with van der Waals surface area (Å²) in [7, 11) is -2.24. The van der Waals surface area contributed by atoms with E-state index in [0.29, 0.717) is 17.3 Å². The highest BCUT2D eigenvalue weighted by Crippen LogP contribution is 2.35. The van der Waals surface area contributed by atoms with Crippen LogP contribution in [0.5, 0.6) is 0 Å². The zero-order valence-corrected chi connectivity index (χ0v) is 13.5. The fourth-order valence-corrected chi connectivity index (χ4v) is 4.89. The standard InChI is InChI=1S/C12H14BrClFNO2S/c1-16(7-8-4-9(13)5-8)19(17,18)12-6-10(15)2-3-11(12)14/h2-3,6,8-9H,4-5,7H2,1H3. The molecule has 0 aliphatic heterocycles. The Morgan fingerprint density at radius 2 is 2.11 bits per heavy atom. The van der Waals surface area contributed by atoms with Gasteiger partial charge in [-0.3, -0.25) is 0 Å². The van der Waals surface area contributed by atoms with Crippen LogP contribution in [0.25, 0.3) is 0 Å². The smallest absolute Gasteiger partial charge is 0.207 e. The van der Waals surface area contributed by atoms with Crippen LogP contribution in [0.2, 0.25) is 5.02 Å². The number of nitrogens with zero attached hydrogens (tertiary/aromatic N) is 1. The maximum atomic E-state index is 13.2. The van der Waals surface area contributed by atoms with Gasteiger partial charge in [0.2, 0.25) is 10.0 Å². The molecule has 19 heavy (non-hydrogen) atoms. The van der Waals surface area contributed by atoms with Crippen molar-refractivity contribution in [1.82, 2.24) is 4.31 Å². The Balaban J connectivity index is 2.19. The molecule has 1 fully saturated rings. The van der Waals surface area contributed by atoms with Gasteiger partial charge in [0.15, 0.2) is 0 Å². The molecule has 1 aromatic rings. The number of rotatable bonds is 4. The molecular weight excluding hydrogens is 357 g/mol. The zero-order valence-electron chi connectivity index (χ0n) is 10.3. The largest absolute Gasteiger partial charge is 0.244 e. The summed E-state index contributed by atoms with van der Waals surface area (Å²) in [6.07, 6.45) is 1.91. The fourth-order valence-electron chi connectivity index (χ4n) is 2.11. The summed E-state index contributed by atoms with van der Waals surface area (Å²) >= 11 is 9.32. The quantitative estimate of drug-likeness (QED) is 0.763. The molecule has 0 radical (unpaired) electrons. The number of hydrogen-bond donors (Lipinski definition) is 0. The molecule has 0 saturated heterocycles. The van der Waals surface area contributed by atoms with Crippen molar-refractivity contribution in [3.05, 3.63) is 29.0 Å². The van der Waals surface area contributed by atoms with E-state index in [-0.39, 0.29) is 9.92 Å². The van der Waals surface area contributed by atoms with Crippen molar-refractivity contribution in [2.45, 2.75) is 22.6 Å². The second-order valence-electron chi connectivity index (χ2n) is 4.79. The highest BCUT2D eigenvalue weighted by Gasteiger charge is 2.32. The Labute approximate surface area is 125 Å². The van der Waals surface area contributed by atoms with Gasteiger partial charge in [0.1, 0.15) is 10.7 Å². The van der Waals surface area contributed by atoms with Gasteiger partial charge in [-0.15, -0.1) is 0 Å². The summed E-state index contributed by atoms with van der Waals surface area (Å²) in [6, 6.07) is 3.36. The van der Waals surface area contributed by atoms with Crippen molar-refractivity contribution >= 4 is 37.6 Å². The van der Waals surface area contributed by atoms with Crippen molar-refractivity contribution in [2.75, 3.05) is 13.6 Å². The molecule has 1 aromatic carbocycles. The fraction of sp³-hybridized carbons (Fsp3) is 0.500. The topological polar surface area (TPSA) is 37.4 Å². The number of alkyl halides is 1. The van der Waals surface area contributed by atoms with Gasteiger partial charge < -0.3 is 0 Å². The van der Waals surface area contributed by atoms with Crippen LogP contribution in [-0.4, -0.2) is 31.1 Å². The van der Waals surface area contributed by atoms with Gasteiger partial charge in [-0.25, -0.2) is 17.1 Å². The minimum absolute atomic E-state index is 0.0419. The van der Waals surface area contributed by atoms with Crippen LogP contribution in [0.4, 0.5) is 4.39 Å². The molecule has 0 unspecified atom stereocenters. The number of benzene rings is 1. The Morgan fingerprint density at radius 3 is 2.68 bits per heavy atom. The second-order valence-corrected chi connectivity index (χ2v) is 8.51. The predicted octanol–water partition coefficient (Wildman–Crippen LogP) is 3.27. The van der Waals surface area contributed by atoms with Crippen molar-refractivity contribution < 1.29 is 12.8 Å². The molecule has 7 heteroatoms. The van der Waals surface area contributed by atoms with Crippen LogP contribution in [0, 0.1) is 11.7 Å². The van der Waals surface area contributed by atoms with Gasteiger partial charge in [0.25, 0.3) is 0 Å². The van der Waals surface area contributed by atoms with E-state index in [1.54, 1.807) is 0 Å². The summed E-state index contributed by atoms with van der Waals surface area (Å²) in [4.78, 5) is 0.303. The minimum Gasteiger partial charge on any atom is -0.207 e. The first kappa shape index (κ1) is 15.2. The lowest BCUT2D eigenvalue weighted by Gasteiger charge is -2.34. The highest BCUT2D eigenvalue weighted by molar-refractivity contribution is 9.09.